The van der Waals surface area contributed by atoms with Crippen LogP contribution < -0.4 is 4.90 Å². The number of piperidine rings is 1. The molecule has 0 bridgehead atoms. The molecule has 1 radical (unpaired) electrons. The van der Waals surface area contributed by atoms with Gasteiger partial charge in [-0.2, -0.15) is 0 Å². The first kappa shape index (κ1) is 24.3. The third-order valence-electron chi connectivity index (χ3n) is 5.61. The summed E-state index contributed by atoms with van der Waals surface area (Å²) in [5.41, 5.74) is 1.16. The van der Waals surface area contributed by atoms with E-state index in [2.05, 4.69) is 43.7 Å². The standard InChI is InChI=1S/C22H30N3O5SSi/c1-22(2,3)16-10-11-24(19(12-16)30-32(4)5)21-23-18(14-31-21)20(26)29-13-15-6-8-17(9-7-15)25(27)28/h6-9,14,16,19H,10-13H2,1-5H3. The lowest BCUT2D eigenvalue weighted by Crippen LogP contribution is -2.48. The van der Waals surface area contributed by atoms with Crippen molar-refractivity contribution in [1.29, 1.82) is 0 Å². The Bertz CT molecular complexity index is 942. The van der Waals surface area contributed by atoms with E-state index in [1.54, 1.807) is 17.5 Å². The summed E-state index contributed by atoms with van der Waals surface area (Å²) in [7, 11) is -0.896. The van der Waals surface area contributed by atoms with Gasteiger partial charge in [0.1, 0.15) is 12.8 Å². The molecule has 10 heteroatoms. The zero-order valence-electron chi connectivity index (χ0n) is 19.2. The molecule has 2 unspecified atom stereocenters. The molecule has 1 saturated heterocycles. The van der Waals surface area contributed by atoms with E-state index in [0.717, 1.165) is 24.5 Å². The molecule has 3 rings (SSSR count). The maximum Gasteiger partial charge on any atom is 0.358 e. The largest absolute Gasteiger partial charge is 0.456 e. The zero-order valence-corrected chi connectivity index (χ0v) is 21.0. The molecule has 173 valence electrons. The van der Waals surface area contributed by atoms with E-state index >= 15 is 0 Å². The Morgan fingerprint density at radius 2 is 2.00 bits per heavy atom. The highest BCUT2D eigenvalue weighted by atomic mass is 32.1. The molecule has 32 heavy (non-hydrogen) atoms. The maximum absolute atomic E-state index is 12.5. The van der Waals surface area contributed by atoms with Crippen LogP contribution in [-0.4, -0.2) is 37.7 Å². The van der Waals surface area contributed by atoms with Crippen molar-refractivity contribution in [3.8, 4) is 0 Å². The van der Waals surface area contributed by atoms with E-state index in [-0.39, 0.29) is 29.6 Å². The van der Waals surface area contributed by atoms with Gasteiger partial charge in [-0.05, 0) is 55.0 Å². The van der Waals surface area contributed by atoms with Crippen LogP contribution in [0.4, 0.5) is 10.8 Å². The fraction of sp³-hybridized carbons (Fsp3) is 0.545. The highest BCUT2D eigenvalue weighted by molar-refractivity contribution is 7.13. The molecular formula is C22H30N3O5SSi. The average Bonchev–Trinajstić information content (AvgIpc) is 3.21. The van der Waals surface area contributed by atoms with Gasteiger partial charge in [0.2, 0.25) is 9.04 Å². The van der Waals surface area contributed by atoms with E-state index in [1.165, 1.54) is 23.5 Å². The number of anilines is 1. The SMILES string of the molecule is C[Si](C)OC1CC(C(C)(C)C)CCN1c1nc(C(=O)OCc2ccc([N+](=O)[O-])cc2)cs1. The number of nitro groups is 1. The number of carbonyl (C=O) groups excluding carboxylic acids is 1. The molecule has 0 aliphatic carbocycles. The molecule has 8 nitrogen and oxygen atoms in total. The smallest absolute Gasteiger partial charge is 0.358 e. The molecule has 0 amide bonds. The van der Waals surface area contributed by atoms with Crippen LogP contribution in [0.2, 0.25) is 13.1 Å². The number of nitrogens with zero attached hydrogens (tertiary/aromatic N) is 3. The first-order valence-electron chi connectivity index (χ1n) is 10.6. The minimum atomic E-state index is -0.896. The van der Waals surface area contributed by atoms with Crippen LogP contribution in [0.15, 0.2) is 29.6 Å². The number of carbonyl (C=O) groups is 1. The number of rotatable bonds is 7. The molecule has 2 atom stereocenters. The lowest BCUT2D eigenvalue weighted by molar-refractivity contribution is -0.384. The number of thiazole rings is 1. The zero-order chi connectivity index (χ0) is 23.5. The van der Waals surface area contributed by atoms with Crippen LogP contribution in [0.5, 0.6) is 0 Å². The Morgan fingerprint density at radius 3 is 2.59 bits per heavy atom. The molecule has 1 aliphatic rings. The van der Waals surface area contributed by atoms with Gasteiger partial charge in [0, 0.05) is 24.1 Å². The van der Waals surface area contributed by atoms with Crippen LogP contribution in [-0.2, 0) is 15.8 Å². The van der Waals surface area contributed by atoms with Crippen LogP contribution in [0.3, 0.4) is 0 Å². The first-order valence-corrected chi connectivity index (χ1v) is 13.9. The van der Waals surface area contributed by atoms with Crippen molar-refractivity contribution in [2.75, 3.05) is 11.4 Å². The number of non-ortho nitro benzene ring substituents is 1. The molecule has 0 saturated carbocycles. The third kappa shape index (κ3) is 6.14. The second-order valence-electron chi connectivity index (χ2n) is 9.28. The molecule has 2 aromatic rings. The third-order valence-corrected chi connectivity index (χ3v) is 7.23. The molecule has 1 aromatic carbocycles. The molecule has 0 spiro atoms. The lowest BCUT2D eigenvalue weighted by atomic mass is 9.75. The minimum absolute atomic E-state index is 0.000124. The number of hydrogen-bond acceptors (Lipinski definition) is 8. The fourth-order valence-electron chi connectivity index (χ4n) is 3.74. The molecule has 2 heterocycles. The molecule has 1 aromatic heterocycles. The lowest BCUT2D eigenvalue weighted by Gasteiger charge is -2.44. The van der Waals surface area contributed by atoms with E-state index in [9.17, 15) is 14.9 Å². The van der Waals surface area contributed by atoms with E-state index in [1.807, 2.05) is 0 Å². The van der Waals surface area contributed by atoms with Gasteiger partial charge in [0.05, 0.1) is 4.92 Å². The monoisotopic (exact) mass is 476 g/mol. The van der Waals surface area contributed by atoms with Crippen molar-refractivity contribution in [3.05, 3.63) is 51.0 Å². The minimum Gasteiger partial charge on any atom is -0.456 e. The van der Waals surface area contributed by atoms with Crippen LogP contribution >= 0.6 is 11.3 Å². The first-order chi connectivity index (χ1) is 15.0. The number of nitro benzene ring substituents is 1. The Morgan fingerprint density at radius 1 is 1.31 bits per heavy atom. The fourth-order valence-corrected chi connectivity index (χ4v) is 5.37. The van der Waals surface area contributed by atoms with Gasteiger partial charge in [-0.1, -0.05) is 20.8 Å². The van der Waals surface area contributed by atoms with Gasteiger partial charge in [0.15, 0.2) is 10.8 Å². The highest BCUT2D eigenvalue weighted by Crippen LogP contribution is 2.39. The van der Waals surface area contributed by atoms with Crippen molar-refractivity contribution in [2.24, 2.45) is 11.3 Å². The van der Waals surface area contributed by atoms with Crippen LogP contribution in [0.1, 0.15) is 49.7 Å². The van der Waals surface area contributed by atoms with Gasteiger partial charge < -0.3 is 14.1 Å². The van der Waals surface area contributed by atoms with E-state index in [0.29, 0.717) is 11.5 Å². The summed E-state index contributed by atoms with van der Waals surface area (Å²) in [6.07, 6.45) is 1.96. The predicted molar refractivity (Wildman–Crippen MR) is 126 cm³/mol. The summed E-state index contributed by atoms with van der Waals surface area (Å²) in [6.45, 7) is 12.0. The van der Waals surface area contributed by atoms with Crippen LogP contribution in [0.25, 0.3) is 0 Å². The van der Waals surface area contributed by atoms with Crippen LogP contribution in [0, 0.1) is 21.4 Å². The topological polar surface area (TPSA) is 94.8 Å². The summed E-state index contributed by atoms with van der Waals surface area (Å²) in [6, 6.07) is 5.94. The van der Waals surface area contributed by atoms with Gasteiger partial charge in [0.25, 0.3) is 5.69 Å². The van der Waals surface area contributed by atoms with Crippen molar-refractivity contribution < 1.29 is 18.9 Å². The Hall–Kier alpha value is -2.30. The summed E-state index contributed by atoms with van der Waals surface area (Å²) in [4.78, 5) is 29.5. The molecule has 1 fully saturated rings. The summed E-state index contributed by atoms with van der Waals surface area (Å²) in [5.74, 6) is 0.0554. The Kier molecular flexibility index (Phi) is 7.68. The highest BCUT2D eigenvalue weighted by Gasteiger charge is 2.36. The number of esters is 1. The van der Waals surface area contributed by atoms with E-state index in [4.69, 9.17) is 9.16 Å². The van der Waals surface area contributed by atoms with Gasteiger partial charge in [-0.15, -0.1) is 11.3 Å². The van der Waals surface area contributed by atoms with Crippen molar-refractivity contribution in [2.45, 2.75) is 59.5 Å². The quantitative estimate of drug-likeness (QED) is 0.233. The average molecular weight is 477 g/mol. The van der Waals surface area contributed by atoms with Crippen molar-refractivity contribution in [3.63, 3.8) is 0 Å². The van der Waals surface area contributed by atoms with Gasteiger partial charge in [-0.25, -0.2) is 9.78 Å². The number of ether oxygens (including phenoxy) is 1. The van der Waals surface area contributed by atoms with Gasteiger partial charge >= 0.3 is 5.97 Å². The van der Waals surface area contributed by atoms with Crippen molar-refractivity contribution >= 4 is 37.2 Å². The number of benzene rings is 1. The maximum atomic E-state index is 12.5. The summed E-state index contributed by atoms with van der Waals surface area (Å²) >= 11 is 1.42. The van der Waals surface area contributed by atoms with Gasteiger partial charge in [-0.3, -0.25) is 10.1 Å². The van der Waals surface area contributed by atoms with E-state index < -0.39 is 19.9 Å². The van der Waals surface area contributed by atoms with Crippen molar-refractivity contribution in [1.82, 2.24) is 4.98 Å². The number of aromatic nitrogens is 1. The molecule has 0 N–H and O–H groups in total. The second-order valence-corrected chi connectivity index (χ2v) is 12.2. The Balaban J connectivity index is 1.65. The Labute approximate surface area is 194 Å². The predicted octanol–water partition coefficient (Wildman–Crippen LogP) is 5.26. The summed E-state index contributed by atoms with van der Waals surface area (Å²) in [5, 5.41) is 13.2. The second kappa shape index (κ2) is 10.1. The molecule has 1 aliphatic heterocycles. The normalized spacial score (nSPS) is 19.2. The number of hydrogen-bond donors (Lipinski definition) is 0. The summed E-state index contributed by atoms with van der Waals surface area (Å²) < 4.78 is 11.7. The molecular weight excluding hydrogens is 446 g/mol.